The minimum atomic E-state index is -0.184. The van der Waals surface area contributed by atoms with Crippen molar-refractivity contribution in [3.8, 4) is 5.75 Å². The Labute approximate surface area is 205 Å². The maximum absolute atomic E-state index is 12.4. The summed E-state index contributed by atoms with van der Waals surface area (Å²) in [5.74, 6) is 0.419. The number of anilines is 2. The van der Waals surface area contributed by atoms with Crippen molar-refractivity contribution in [2.24, 2.45) is 0 Å². The molecule has 1 aliphatic heterocycles. The van der Waals surface area contributed by atoms with Gasteiger partial charge in [-0.1, -0.05) is 36.4 Å². The molecule has 0 spiro atoms. The van der Waals surface area contributed by atoms with Crippen molar-refractivity contribution in [3.05, 3.63) is 90.0 Å². The van der Waals surface area contributed by atoms with Crippen LogP contribution >= 0.6 is 0 Å². The van der Waals surface area contributed by atoms with Crippen molar-refractivity contribution in [3.63, 3.8) is 0 Å². The Morgan fingerprint density at radius 3 is 2.54 bits per heavy atom. The second-order valence-electron chi connectivity index (χ2n) is 8.44. The van der Waals surface area contributed by atoms with E-state index in [-0.39, 0.29) is 24.5 Å². The maximum atomic E-state index is 12.4. The van der Waals surface area contributed by atoms with E-state index in [9.17, 15) is 9.59 Å². The minimum absolute atomic E-state index is 0.0797. The summed E-state index contributed by atoms with van der Waals surface area (Å²) in [5, 5.41) is 8.84. The second kappa shape index (κ2) is 12.6. The first kappa shape index (κ1) is 24.3. The molecule has 0 saturated carbocycles. The van der Waals surface area contributed by atoms with E-state index in [0.717, 1.165) is 31.6 Å². The second-order valence-corrected chi connectivity index (χ2v) is 8.44. The van der Waals surface area contributed by atoms with E-state index in [4.69, 9.17) is 9.47 Å². The van der Waals surface area contributed by atoms with Crippen molar-refractivity contribution in [2.75, 3.05) is 36.9 Å². The molecule has 1 heterocycles. The molecule has 1 aliphatic rings. The van der Waals surface area contributed by atoms with Gasteiger partial charge in [0.05, 0.1) is 19.3 Å². The molecule has 4 rings (SSSR count). The molecule has 0 radical (unpaired) electrons. The summed E-state index contributed by atoms with van der Waals surface area (Å²) in [4.78, 5) is 24.8. The molecule has 1 saturated heterocycles. The van der Waals surface area contributed by atoms with Gasteiger partial charge in [0.1, 0.15) is 5.75 Å². The Bertz CT molecular complexity index is 1100. The number of hydrogen-bond donors (Lipinski definition) is 3. The summed E-state index contributed by atoms with van der Waals surface area (Å²) in [6.45, 7) is 1.94. The van der Waals surface area contributed by atoms with E-state index >= 15 is 0 Å². The SMILES string of the molecule is O=C(CNc1cccc(C(=O)NCC2CCCO2)c1)Nc1ccc(OCCc2ccccc2)cc1. The molecular formula is C28H31N3O4. The van der Waals surface area contributed by atoms with Gasteiger partial charge in [0.2, 0.25) is 5.91 Å². The highest BCUT2D eigenvalue weighted by atomic mass is 16.5. The fraction of sp³-hybridized carbons (Fsp3) is 0.286. The quantitative estimate of drug-likeness (QED) is 0.387. The average Bonchev–Trinajstić information content (AvgIpc) is 3.42. The van der Waals surface area contributed by atoms with E-state index in [2.05, 4.69) is 28.1 Å². The number of hydrogen-bond acceptors (Lipinski definition) is 5. The lowest BCUT2D eigenvalue weighted by Gasteiger charge is -2.12. The Kier molecular flexibility index (Phi) is 8.73. The molecule has 35 heavy (non-hydrogen) atoms. The predicted molar refractivity (Wildman–Crippen MR) is 137 cm³/mol. The third-order valence-corrected chi connectivity index (χ3v) is 5.73. The van der Waals surface area contributed by atoms with Gasteiger partial charge in [-0.25, -0.2) is 0 Å². The molecule has 0 aromatic heterocycles. The Balaban J connectivity index is 1.18. The van der Waals surface area contributed by atoms with Gasteiger partial charge in [-0.05, 0) is 60.9 Å². The first-order valence-electron chi connectivity index (χ1n) is 12.0. The molecule has 3 aromatic carbocycles. The molecule has 1 unspecified atom stereocenters. The van der Waals surface area contributed by atoms with Crippen LogP contribution in [0.2, 0.25) is 0 Å². The van der Waals surface area contributed by atoms with Gasteiger partial charge in [-0.3, -0.25) is 9.59 Å². The molecule has 7 nitrogen and oxygen atoms in total. The summed E-state index contributed by atoms with van der Waals surface area (Å²) in [5.41, 5.74) is 3.16. The van der Waals surface area contributed by atoms with Crippen LogP contribution in [0.4, 0.5) is 11.4 Å². The Morgan fingerprint density at radius 1 is 0.943 bits per heavy atom. The molecule has 3 N–H and O–H groups in total. The molecule has 3 aromatic rings. The van der Waals surface area contributed by atoms with Crippen LogP contribution in [-0.2, 0) is 16.0 Å². The molecule has 0 bridgehead atoms. The molecule has 7 heteroatoms. The Morgan fingerprint density at radius 2 is 1.77 bits per heavy atom. The summed E-state index contributed by atoms with van der Waals surface area (Å²) in [6, 6.07) is 24.6. The van der Waals surface area contributed by atoms with Crippen LogP contribution in [0.3, 0.4) is 0 Å². The summed E-state index contributed by atoms with van der Waals surface area (Å²) in [7, 11) is 0. The maximum Gasteiger partial charge on any atom is 0.251 e. The van der Waals surface area contributed by atoms with Crippen LogP contribution < -0.4 is 20.7 Å². The first-order chi connectivity index (χ1) is 17.2. The van der Waals surface area contributed by atoms with E-state index < -0.39 is 0 Å². The molecule has 182 valence electrons. The Hall–Kier alpha value is -3.84. The van der Waals surface area contributed by atoms with E-state index in [1.165, 1.54) is 5.56 Å². The van der Waals surface area contributed by atoms with Crippen molar-refractivity contribution in [1.29, 1.82) is 0 Å². The molecule has 1 atom stereocenters. The first-order valence-corrected chi connectivity index (χ1v) is 12.0. The van der Waals surface area contributed by atoms with Crippen molar-refractivity contribution >= 4 is 23.2 Å². The molecule has 0 aliphatic carbocycles. The number of rotatable bonds is 11. The molecule has 2 amide bonds. The van der Waals surface area contributed by atoms with Gasteiger partial charge < -0.3 is 25.4 Å². The van der Waals surface area contributed by atoms with Crippen molar-refractivity contribution in [2.45, 2.75) is 25.4 Å². The van der Waals surface area contributed by atoms with Crippen LogP contribution in [0.1, 0.15) is 28.8 Å². The lowest BCUT2D eigenvalue weighted by molar-refractivity contribution is -0.114. The van der Waals surface area contributed by atoms with E-state index in [1.54, 1.807) is 18.2 Å². The summed E-state index contributed by atoms with van der Waals surface area (Å²) in [6.07, 6.45) is 2.94. The van der Waals surface area contributed by atoms with Gasteiger partial charge in [-0.15, -0.1) is 0 Å². The lowest BCUT2D eigenvalue weighted by Crippen LogP contribution is -2.31. The van der Waals surface area contributed by atoms with Crippen molar-refractivity contribution < 1.29 is 19.1 Å². The van der Waals surface area contributed by atoms with Crippen LogP contribution in [0.5, 0.6) is 5.75 Å². The van der Waals surface area contributed by atoms with Crippen LogP contribution in [0, 0.1) is 0 Å². The fourth-order valence-corrected chi connectivity index (χ4v) is 3.84. The monoisotopic (exact) mass is 473 g/mol. The summed E-state index contributed by atoms with van der Waals surface area (Å²) < 4.78 is 11.3. The van der Waals surface area contributed by atoms with Gasteiger partial charge in [0, 0.05) is 36.5 Å². The zero-order valence-electron chi connectivity index (χ0n) is 19.7. The number of carbonyl (C=O) groups is 2. The highest BCUT2D eigenvalue weighted by Crippen LogP contribution is 2.17. The van der Waals surface area contributed by atoms with Crippen LogP contribution in [0.25, 0.3) is 0 Å². The molecule has 1 fully saturated rings. The minimum Gasteiger partial charge on any atom is -0.493 e. The van der Waals surface area contributed by atoms with Gasteiger partial charge in [0.25, 0.3) is 5.91 Å². The largest absolute Gasteiger partial charge is 0.493 e. The van der Waals surface area contributed by atoms with E-state index in [0.29, 0.717) is 30.1 Å². The molecular weight excluding hydrogens is 442 g/mol. The number of benzene rings is 3. The number of amides is 2. The summed E-state index contributed by atoms with van der Waals surface area (Å²) >= 11 is 0. The van der Waals surface area contributed by atoms with Gasteiger partial charge in [0.15, 0.2) is 0 Å². The zero-order valence-corrected chi connectivity index (χ0v) is 19.7. The van der Waals surface area contributed by atoms with Crippen LogP contribution in [0.15, 0.2) is 78.9 Å². The van der Waals surface area contributed by atoms with E-state index in [1.807, 2.05) is 48.5 Å². The van der Waals surface area contributed by atoms with Gasteiger partial charge >= 0.3 is 0 Å². The average molecular weight is 474 g/mol. The van der Waals surface area contributed by atoms with Crippen LogP contribution in [-0.4, -0.2) is 44.2 Å². The lowest BCUT2D eigenvalue weighted by atomic mass is 10.1. The zero-order chi connectivity index (χ0) is 24.3. The van der Waals surface area contributed by atoms with Crippen molar-refractivity contribution in [1.82, 2.24) is 5.32 Å². The fourth-order valence-electron chi connectivity index (χ4n) is 3.84. The highest BCUT2D eigenvalue weighted by Gasteiger charge is 2.16. The topological polar surface area (TPSA) is 88.7 Å². The standard InChI is InChI=1S/C28H31N3O4/c32-27(31-23-11-13-25(14-12-23)35-17-15-21-6-2-1-3-7-21)20-29-24-9-4-8-22(18-24)28(33)30-19-26-10-5-16-34-26/h1-4,6-9,11-14,18,26,29H,5,10,15-17,19-20H2,(H,30,33)(H,31,32). The smallest absolute Gasteiger partial charge is 0.251 e. The third kappa shape index (κ3) is 7.86. The number of nitrogens with one attached hydrogen (secondary N) is 3. The van der Waals surface area contributed by atoms with Gasteiger partial charge in [-0.2, -0.15) is 0 Å². The third-order valence-electron chi connectivity index (χ3n) is 5.73. The normalized spacial score (nSPS) is 14.8. The predicted octanol–water partition coefficient (Wildman–Crippen LogP) is 4.27. The number of ether oxygens (including phenoxy) is 2. The highest BCUT2D eigenvalue weighted by molar-refractivity contribution is 5.96. The number of carbonyl (C=O) groups excluding carboxylic acids is 2.